The van der Waals surface area contributed by atoms with Crippen molar-refractivity contribution in [2.75, 3.05) is 5.32 Å². The number of aromatic amines is 1. The number of anilines is 1. The van der Waals surface area contributed by atoms with Gasteiger partial charge in [-0.25, -0.2) is 0 Å². The molecule has 0 saturated heterocycles. The van der Waals surface area contributed by atoms with Crippen LogP contribution in [0.5, 0.6) is 0 Å². The zero-order chi connectivity index (χ0) is 14.6. The number of pyridine rings is 1. The van der Waals surface area contributed by atoms with Gasteiger partial charge in [0.1, 0.15) is 5.69 Å². The van der Waals surface area contributed by atoms with Crippen molar-refractivity contribution in [2.45, 2.75) is 38.5 Å². The van der Waals surface area contributed by atoms with Gasteiger partial charge >= 0.3 is 0 Å². The van der Waals surface area contributed by atoms with Gasteiger partial charge in [-0.2, -0.15) is 0 Å². The van der Waals surface area contributed by atoms with Gasteiger partial charge in [-0.05, 0) is 78.3 Å². The van der Waals surface area contributed by atoms with Crippen molar-refractivity contribution in [2.24, 2.45) is 23.2 Å². The standard InChI is InChI=1S/C16H19BrN2O2/c17-12-4-13(14(20)18-8-12)19-15(21)16-5-9-1-10(6-16)3-11(2-9)7-16/h4,8-11H,1-3,5-7H2,(H,18,20)(H,19,21). The van der Waals surface area contributed by atoms with Crippen LogP contribution in [-0.2, 0) is 4.79 Å². The van der Waals surface area contributed by atoms with Crippen LogP contribution in [0.4, 0.5) is 5.69 Å². The molecule has 1 heterocycles. The Morgan fingerprint density at radius 1 is 1.19 bits per heavy atom. The van der Waals surface area contributed by atoms with E-state index in [4.69, 9.17) is 0 Å². The first-order chi connectivity index (χ1) is 10.0. The van der Waals surface area contributed by atoms with Crippen molar-refractivity contribution in [1.29, 1.82) is 0 Å². The lowest BCUT2D eigenvalue weighted by Gasteiger charge is -2.55. The highest BCUT2D eigenvalue weighted by molar-refractivity contribution is 9.10. The molecule has 4 fully saturated rings. The molecule has 2 N–H and O–H groups in total. The van der Waals surface area contributed by atoms with Crippen LogP contribution in [0.3, 0.4) is 0 Å². The molecule has 1 aromatic heterocycles. The Labute approximate surface area is 131 Å². The Balaban J connectivity index is 1.60. The first-order valence-corrected chi connectivity index (χ1v) is 8.53. The molecule has 4 aliphatic carbocycles. The van der Waals surface area contributed by atoms with E-state index >= 15 is 0 Å². The number of aromatic nitrogens is 1. The van der Waals surface area contributed by atoms with E-state index in [-0.39, 0.29) is 16.9 Å². The molecule has 0 spiro atoms. The molecule has 4 saturated carbocycles. The first-order valence-electron chi connectivity index (χ1n) is 7.74. The summed E-state index contributed by atoms with van der Waals surface area (Å²) in [7, 11) is 0. The smallest absolute Gasteiger partial charge is 0.271 e. The van der Waals surface area contributed by atoms with Crippen molar-refractivity contribution in [1.82, 2.24) is 4.98 Å². The topological polar surface area (TPSA) is 62.0 Å². The van der Waals surface area contributed by atoms with E-state index < -0.39 is 0 Å². The fraction of sp³-hybridized carbons (Fsp3) is 0.625. The van der Waals surface area contributed by atoms with E-state index in [2.05, 4.69) is 26.2 Å². The fourth-order valence-corrected chi connectivity index (χ4v) is 5.54. The predicted molar refractivity (Wildman–Crippen MR) is 84.0 cm³/mol. The average molecular weight is 351 g/mol. The molecule has 1 amide bonds. The second-order valence-electron chi connectivity index (χ2n) is 7.21. The normalized spacial score (nSPS) is 36.7. The van der Waals surface area contributed by atoms with Crippen LogP contribution >= 0.6 is 15.9 Å². The highest BCUT2D eigenvalue weighted by Crippen LogP contribution is 2.60. The Hall–Kier alpha value is -1.10. The Morgan fingerprint density at radius 3 is 2.33 bits per heavy atom. The minimum atomic E-state index is -0.240. The molecule has 5 rings (SSSR count). The van der Waals surface area contributed by atoms with Crippen molar-refractivity contribution in [3.63, 3.8) is 0 Å². The highest BCUT2D eigenvalue weighted by atomic mass is 79.9. The Bertz CT molecular complexity index is 617. The van der Waals surface area contributed by atoms with Crippen molar-refractivity contribution < 1.29 is 4.79 Å². The molecule has 4 aliphatic rings. The first kappa shape index (κ1) is 13.6. The number of H-pyrrole nitrogens is 1. The monoisotopic (exact) mass is 350 g/mol. The Morgan fingerprint density at radius 2 is 1.76 bits per heavy atom. The molecular formula is C16H19BrN2O2. The third-order valence-electron chi connectivity index (χ3n) is 5.64. The molecule has 0 radical (unpaired) electrons. The van der Waals surface area contributed by atoms with E-state index in [0.29, 0.717) is 5.69 Å². The molecule has 21 heavy (non-hydrogen) atoms. The SMILES string of the molecule is O=C(Nc1cc(Br)c[nH]c1=O)C12CC3CC(CC(C3)C1)C2. The molecule has 1 aromatic rings. The summed E-state index contributed by atoms with van der Waals surface area (Å²) in [5, 5.41) is 2.90. The third kappa shape index (κ3) is 2.26. The lowest BCUT2D eigenvalue weighted by Crippen LogP contribution is -2.52. The van der Waals surface area contributed by atoms with Gasteiger partial charge in [-0.3, -0.25) is 9.59 Å². The number of hydrogen-bond donors (Lipinski definition) is 2. The van der Waals surface area contributed by atoms with Crippen LogP contribution in [0.1, 0.15) is 38.5 Å². The summed E-state index contributed by atoms with van der Waals surface area (Å²) < 4.78 is 0.767. The number of carbonyl (C=O) groups is 1. The summed E-state index contributed by atoms with van der Waals surface area (Å²) in [6.45, 7) is 0. The van der Waals surface area contributed by atoms with E-state index in [1.165, 1.54) is 19.3 Å². The predicted octanol–water partition coefficient (Wildman–Crippen LogP) is 3.29. The van der Waals surface area contributed by atoms with Crippen molar-refractivity contribution in [3.05, 3.63) is 27.1 Å². The molecule has 0 unspecified atom stereocenters. The van der Waals surface area contributed by atoms with Crippen LogP contribution in [0.15, 0.2) is 21.5 Å². The minimum Gasteiger partial charge on any atom is -0.326 e. The lowest BCUT2D eigenvalue weighted by molar-refractivity contribution is -0.140. The number of nitrogens with one attached hydrogen (secondary N) is 2. The van der Waals surface area contributed by atoms with Gasteiger partial charge in [-0.15, -0.1) is 0 Å². The van der Waals surface area contributed by atoms with Crippen LogP contribution < -0.4 is 10.9 Å². The van der Waals surface area contributed by atoms with Gasteiger partial charge < -0.3 is 10.3 Å². The lowest BCUT2D eigenvalue weighted by atomic mass is 9.49. The molecule has 4 bridgehead atoms. The molecule has 0 aromatic carbocycles. The van der Waals surface area contributed by atoms with Gasteiger partial charge in [-0.1, -0.05) is 0 Å². The van der Waals surface area contributed by atoms with Gasteiger partial charge in [0.2, 0.25) is 5.91 Å². The molecular weight excluding hydrogens is 332 g/mol. The molecule has 4 nitrogen and oxygen atoms in total. The zero-order valence-corrected chi connectivity index (χ0v) is 13.4. The Kier molecular flexibility index (Phi) is 3.03. The third-order valence-corrected chi connectivity index (χ3v) is 6.09. The van der Waals surface area contributed by atoms with Gasteiger partial charge in [0.05, 0.1) is 5.41 Å². The van der Waals surface area contributed by atoms with E-state index in [9.17, 15) is 9.59 Å². The van der Waals surface area contributed by atoms with Crippen molar-refractivity contribution >= 4 is 27.5 Å². The van der Waals surface area contributed by atoms with Gasteiger partial charge in [0.15, 0.2) is 0 Å². The second kappa shape index (κ2) is 4.70. The maximum atomic E-state index is 12.9. The summed E-state index contributed by atoms with van der Waals surface area (Å²) in [4.78, 5) is 27.3. The fourth-order valence-electron chi connectivity index (χ4n) is 5.19. The second-order valence-corrected chi connectivity index (χ2v) is 8.13. The van der Waals surface area contributed by atoms with Crippen molar-refractivity contribution in [3.8, 4) is 0 Å². The number of rotatable bonds is 2. The summed E-state index contributed by atoms with van der Waals surface area (Å²) in [5.74, 6) is 2.23. The highest BCUT2D eigenvalue weighted by Gasteiger charge is 2.54. The van der Waals surface area contributed by atoms with E-state index in [1.807, 2.05) is 0 Å². The number of halogens is 1. The van der Waals surface area contributed by atoms with Crippen LogP contribution in [0.25, 0.3) is 0 Å². The number of hydrogen-bond acceptors (Lipinski definition) is 2. The van der Waals surface area contributed by atoms with E-state index in [1.54, 1.807) is 12.3 Å². The van der Waals surface area contributed by atoms with Crippen LogP contribution in [-0.4, -0.2) is 10.9 Å². The van der Waals surface area contributed by atoms with Crippen LogP contribution in [0.2, 0.25) is 0 Å². The number of carbonyl (C=O) groups excluding carboxylic acids is 1. The molecule has 5 heteroatoms. The van der Waals surface area contributed by atoms with Gasteiger partial charge in [0.25, 0.3) is 5.56 Å². The maximum Gasteiger partial charge on any atom is 0.271 e. The van der Waals surface area contributed by atoms with Gasteiger partial charge in [0, 0.05) is 10.7 Å². The quantitative estimate of drug-likeness (QED) is 0.859. The summed E-state index contributed by atoms with van der Waals surface area (Å²) in [6.07, 6.45) is 8.55. The molecule has 0 aliphatic heterocycles. The van der Waals surface area contributed by atoms with Crippen LogP contribution in [0, 0.1) is 23.2 Å². The molecule has 0 atom stereocenters. The largest absolute Gasteiger partial charge is 0.326 e. The molecule has 112 valence electrons. The number of amides is 1. The summed E-state index contributed by atoms with van der Waals surface area (Å²) in [6, 6.07) is 1.68. The minimum absolute atomic E-state index is 0.0604. The maximum absolute atomic E-state index is 12.9. The van der Waals surface area contributed by atoms with E-state index in [0.717, 1.165) is 41.5 Å². The summed E-state index contributed by atoms with van der Waals surface area (Å²) >= 11 is 3.33. The average Bonchev–Trinajstić information content (AvgIpc) is 2.41. The zero-order valence-electron chi connectivity index (χ0n) is 11.8. The summed E-state index contributed by atoms with van der Waals surface area (Å²) in [5.41, 5.74) is -0.106.